The minimum absolute atomic E-state index is 0.0201. The second-order valence-corrected chi connectivity index (χ2v) is 4.35. The van der Waals surface area contributed by atoms with E-state index >= 15 is 0 Å². The first-order valence-corrected chi connectivity index (χ1v) is 5.99. The molecule has 4 heteroatoms. The van der Waals surface area contributed by atoms with Gasteiger partial charge < -0.3 is 10.6 Å². The van der Waals surface area contributed by atoms with Gasteiger partial charge in [-0.1, -0.05) is 18.2 Å². The summed E-state index contributed by atoms with van der Waals surface area (Å²) in [5, 5.41) is 5.90. The van der Waals surface area contributed by atoms with Crippen LogP contribution in [0.1, 0.15) is 18.4 Å². The number of nitrogens with one attached hydrogen (secondary N) is 2. The summed E-state index contributed by atoms with van der Waals surface area (Å²) in [7, 11) is 0. The molecular formula is C13H17FN2O. The number of hydrogen-bond donors (Lipinski definition) is 2. The zero-order valence-electron chi connectivity index (χ0n) is 9.71. The van der Waals surface area contributed by atoms with Crippen LogP contribution in [0.15, 0.2) is 24.3 Å². The van der Waals surface area contributed by atoms with Crippen molar-refractivity contribution in [2.75, 3.05) is 13.1 Å². The van der Waals surface area contributed by atoms with Crippen LogP contribution in [-0.2, 0) is 11.2 Å². The Kier molecular flexibility index (Phi) is 4.09. The second kappa shape index (κ2) is 5.77. The molecule has 1 amide bonds. The van der Waals surface area contributed by atoms with Crippen LogP contribution >= 0.6 is 0 Å². The molecule has 92 valence electrons. The molecule has 0 saturated heterocycles. The fourth-order valence-electron chi connectivity index (χ4n) is 1.62. The Bertz CT molecular complexity index is 391. The van der Waals surface area contributed by atoms with Crippen molar-refractivity contribution in [2.45, 2.75) is 25.3 Å². The van der Waals surface area contributed by atoms with E-state index in [1.54, 1.807) is 18.2 Å². The van der Waals surface area contributed by atoms with Gasteiger partial charge in [0, 0.05) is 12.6 Å². The van der Waals surface area contributed by atoms with Crippen molar-refractivity contribution in [1.82, 2.24) is 10.6 Å². The number of rotatable bonds is 6. The van der Waals surface area contributed by atoms with E-state index < -0.39 is 0 Å². The average molecular weight is 236 g/mol. The quantitative estimate of drug-likeness (QED) is 0.780. The third-order valence-corrected chi connectivity index (χ3v) is 2.80. The fraction of sp³-hybridized carbons (Fsp3) is 0.462. The molecule has 0 unspecified atom stereocenters. The molecule has 1 aliphatic carbocycles. The van der Waals surface area contributed by atoms with Crippen molar-refractivity contribution in [1.29, 1.82) is 0 Å². The molecule has 1 aromatic carbocycles. The Morgan fingerprint density at radius 2 is 2.12 bits per heavy atom. The van der Waals surface area contributed by atoms with Crippen LogP contribution < -0.4 is 10.6 Å². The lowest BCUT2D eigenvalue weighted by molar-refractivity contribution is -0.120. The summed E-state index contributed by atoms with van der Waals surface area (Å²) in [6.07, 6.45) is 2.87. The largest absolute Gasteiger partial charge is 0.355 e. The molecule has 2 N–H and O–H groups in total. The monoisotopic (exact) mass is 236 g/mol. The van der Waals surface area contributed by atoms with Crippen LogP contribution in [-0.4, -0.2) is 25.0 Å². The molecule has 0 aromatic heterocycles. The van der Waals surface area contributed by atoms with Crippen LogP contribution in [0.4, 0.5) is 4.39 Å². The highest BCUT2D eigenvalue weighted by molar-refractivity contribution is 5.78. The number of benzene rings is 1. The van der Waals surface area contributed by atoms with Crippen LogP contribution in [0.2, 0.25) is 0 Å². The summed E-state index contributed by atoms with van der Waals surface area (Å²) in [5.74, 6) is -0.230. The van der Waals surface area contributed by atoms with Gasteiger partial charge in [-0.25, -0.2) is 4.39 Å². The van der Waals surface area contributed by atoms with E-state index in [0.29, 0.717) is 31.1 Å². The van der Waals surface area contributed by atoms with Gasteiger partial charge in [0.1, 0.15) is 5.82 Å². The third kappa shape index (κ3) is 4.15. The van der Waals surface area contributed by atoms with Gasteiger partial charge in [-0.15, -0.1) is 0 Å². The average Bonchev–Trinajstić information content (AvgIpc) is 3.13. The van der Waals surface area contributed by atoms with Crippen molar-refractivity contribution < 1.29 is 9.18 Å². The summed E-state index contributed by atoms with van der Waals surface area (Å²) < 4.78 is 13.3. The highest BCUT2D eigenvalue weighted by Crippen LogP contribution is 2.17. The van der Waals surface area contributed by atoms with E-state index in [0.717, 1.165) is 0 Å². The lowest BCUT2D eigenvalue weighted by Gasteiger charge is -2.06. The standard InChI is InChI=1S/C13H17FN2O/c14-12-4-2-1-3-10(12)7-8-15-13(17)9-16-11-5-6-11/h1-4,11,16H,5-9H2,(H,15,17). The number of amides is 1. The van der Waals surface area contributed by atoms with Crippen molar-refractivity contribution in [3.63, 3.8) is 0 Å². The molecule has 0 radical (unpaired) electrons. The Balaban J connectivity index is 1.64. The van der Waals surface area contributed by atoms with Gasteiger partial charge in [0.05, 0.1) is 6.54 Å². The number of halogens is 1. The van der Waals surface area contributed by atoms with Crippen molar-refractivity contribution in [3.8, 4) is 0 Å². The van der Waals surface area contributed by atoms with Gasteiger partial charge in [0.2, 0.25) is 5.91 Å². The minimum atomic E-state index is -0.210. The summed E-state index contributed by atoms with van der Waals surface area (Å²) in [5.41, 5.74) is 0.642. The van der Waals surface area contributed by atoms with E-state index in [2.05, 4.69) is 10.6 Å². The summed E-state index contributed by atoms with van der Waals surface area (Å²) in [6.45, 7) is 0.841. The van der Waals surface area contributed by atoms with E-state index in [4.69, 9.17) is 0 Å². The van der Waals surface area contributed by atoms with Gasteiger partial charge in [-0.2, -0.15) is 0 Å². The lowest BCUT2D eigenvalue weighted by Crippen LogP contribution is -2.35. The first-order chi connectivity index (χ1) is 8.25. The molecule has 17 heavy (non-hydrogen) atoms. The van der Waals surface area contributed by atoms with Gasteiger partial charge >= 0.3 is 0 Å². The first kappa shape index (κ1) is 12.0. The molecule has 1 fully saturated rings. The van der Waals surface area contributed by atoms with E-state index in [9.17, 15) is 9.18 Å². The number of hydrogen-bond acceptors (Lipinski definition) is 2. The third-order valence-electron chi connectivity index (χ3n) is 2.80. The van der Waals surface area contributed by atoms with E-state index in [1.165, 1.54) is 18.9 Å². The maximum atomic E-state index is 13.3. The fourth-order valence-corrected chi connectivity index (χ4v) is 1.62. The lowest BCUT2D eigenvalue weighted by atomic mass is 10.1. The number of carbonyl (C=O) groups excluding carboxylic acids is 1. The SMILES string of the molecule is O=C(CNC1CC1)NCCc1ccccc1F. The van der Waals surface area contributed by atoms with Crippen LogP contribution in [0.25, 0.3) is 0 Å². The van der Waals surface area contributed by atoms with Gasteiger partial charge in [-0.05, 0) is 30.9 Å². The predicted octanol–water partition coefficient (Wildman–Crippen LogP) is 1.24. The summed E-state index contributed by atoms with van der Waals surface area (Å²) >= 11 is 0. The number of carbonyl (C=O) groups is 1. The molecular weight excluding hydrogens is 219 g/mol. The normalized spacial score (nSPS) is 14.6. The highest BCUT2D eigenvalue weighted by Gasteiger charge is 2.20. The van der Waals surface area contributed by atoms with Crippen LogP contribution in [0, 0.1) is 5.82 Å². The highest BCUT2D eigenvalue weighted by atomic mass is 19.1. The molecule has 0 atom stereocenters. The first-order valence-electron chi connectivity index (χ1n) is 5.99. The smallest absolute Gasteiger partial charge is 0.233 e. The second-order valence-electron chi connectivity index (χ2n) is 4.35. The zero-order valence-corrected chi connectivity index (χ0v) is 9.71. The molecule has 1 saturated carbocycles. The zero-order chi connectivity index (χ0) is 12.1. The van der Waals surface area contributed by atoms with Gasteiger partial charge in [0.25, 0.3) is 0 Å². The molecule has 1 aliphatic rings. The maximum Gasteiger partial charge on any atom is 0.233 e. The van der Waals surface area contributed by atoms with Crippen LogP contribution in [0.3, 0.4) is 0 Å². The van der Waals surface area contributed by atoms with E-state index in [-0.39, 0.29) is 11.7 Å². The minimum Gasteiger partial charge on any atom is -0.355 e. The van der Waals surface area contributed by atoms with Crippen molar-refractivity contribution >= 4 is 5.91 Å². The van der Waals surface area contributed by atoms with Crippen molar-refractivity contribution in [2.24, 2.45) is 0 Å². The predicted molar refractivity (Wildman–Crippen MR) is 64.1 cm³/mol. The molecule has 2 rings (SSSR count). The molecule has 0 spiro atoms. The van der Waals surface area contributed by atoms with Gasteiger partial charge in [-0.3, -0.25) is 4.79 Å². The van der Waals surface area contributed by atoms with Crippen molar-refractivity contribution in [3.05, 3.63) is 35.6 Å². The van der Waals surface area contributed by atoms with Gasteiger partial charge in [0.15, 0.2) is 0 Å². The Hall–Kier alpha value is -1.42. The topological polar surface area (TPSA) is 41.1 Å². The van der Waals surface area contributed by atoms with E-state index in [1.807, 2.05) is 0 Å². The molecule has 3 nitrogen and oxygen atoms in total. The Morgan fingerprint density at radius 3 is 2.82 bits per heavy atom. The summed E-state index contributed by atoms with van der Waals surface area (Å²) in [4.78, 5) is 11.4. The molecule has 0 aliphatic heterocycles. The Morgan fingerprint density at radius 1 is 1.35 bits per heavy atom. The summed E-state index contributed by atoms with van der Waals surface area (Å²) in [6, 6.07) is 7.18. The van der Waals surface area contributed by atoms with Crippen LogP contribution in [0.5, 0.6) is 0 Å². The Labute approximate surface area is 100 Å². The molecule has 0 bridgehead atoms. The molecule has 0 heterocycles. The molecule has 1 aromatic rings. The maximum absolute atomic E-state index is 13.3.